The fraction of sp³-hybridized carbons (Fsp3) is 0.238. The number of fused-ring (bicyclic) bond motifs is 2. The fourth-order valence-corrected chi connectivity index (χ4v) is 5.88. The number of benzene rings is 2. The topological polar surface area (TPSA) is 77.2 Å². The lowest BCUT2D eigenvalue weighted by Gasteiger charge is -2.11. The van der Waals surface area contributed by atoms with Gasteiger partial charge in [0.25, 0.3) is 0 Å². The van der Waals surface area contributed by atoms with E-state index >= 15 is 0 Å². The van der Waals surface area contributed by atoms with Crippen molar-refractivity contribution in [2.75, 3.05) is 30.1 Å². The third kappa shape index (κ3) is 4.41. The number of likely N-dealkylation sites (N-methyl/N-ethyl adjacent to an activating group) is 1. The SMILES string of the molecule is Cc1c(NS(=O)(=O)Nc2ccc3[nH]cc(CCN(C)C)c3c2)sc2ccc(Cl)cc12. The van der Waals surface area contributed by atoms with E-state index in [4.69, 9.17) is 11.6 Å². The van der Waals surface area contributed by atoms with E-state index in [1.54, 1.807) is 12.1 Å². The molecule has 158 valence electrons. The minimum atomic E-state index is -3.80. The van der Waals surface area contributed by atoms with Crippen molar-refractivity contribution in [3.8, 4) is 0 Å². The lowest BCUT2D eigenvalue weighted by atomic mass is 10.1. The predicted molar refractivity (Wildman–Crippen MR) is 128 cm³/mol. The van der Waals surface area contributed by atoms with E-state index < -0.39 is 10.2 Å². The van der Waals surface area contributed by atoms with Gasteiger partial charge in [0.15, 0.2) is 0 Å². The number of halogens is 1. The van der Waals surface area contributed by atoms with Crippen LogP contribution in [0, 0.1) is 6.92 Å². The highest BCUT2D eigenvalue weighted by Gasteiger charge is 2.16. The Hall–Kier alpha value is -2.26. The van der Waals surface area contributed by atoms with Crippen LogP contribution in [0.3, 0.4) is 0 Å². The molecule has 0 saturated heterocycles. The first kappa shape index (κ1) is 21.0. The van der Waals surface area contributed by atoms with Crippen LogP contribution >= 0.6 is 22.9 Å². The highest BCUT2D eigenvalue weighted by molar-refractivity contribution is 7.94. The van der Waals surface area contributed by atoms with Crippen LogP contribution in [0.25, 0.3) is 21.0 Å². The van der Waals surface area contributed by atoms with Crippen molar-refractivity contribution in [1.82, 2.24) is 9.88 Å². The van der Waals surface area contributed by atoms with Crippen molar-refractivity contribution in [2.45, 2.75) is 13.3 Å². The quantitative estimate of drug-likeness (QED) is 0.352. The van der Waals surface area contributed by atoms with Crippen LogP contribution in [0.15, 0.2) is 42.6 Å². The number of hydrogen-bond acceptors (Lipinski definition) is 4. The number of nitrogens with zero attached hydrogens (tertiary/aromatic N) is 1. The van der Waals surface area contributed by atoms with Crippen LogP contribution in [0.1, 0.15) is 11.1 Å². The monoisotopic (exact) mass is 462 g/mol. The molecule has 0 amide bonds. The minimum absolute atomic E-state index is 0.516. The first-order valence-electron chi connectivity index (χ1n) is 9.46. The largest absolute Gasteiger partial charge is 0.361 e. The molecule has 0 aliphatic carbocycles. The van der Waals surface area contributed by atoms with Crippen molar-refractivity contribution in [3.63, 3.8) is 0 Å². The molecule has 9 heteroatoms. The zero-order chi connectivity index (χ0) is 21.5. The molecule has 2 aromatic heterocycles. The molecule has 2 heterocycles. The summed E-state index contributed by atoms with van der Waals surface area (Å²) in [5, 5.41) is 3.17. The molecule has 0 aliphatic heterocycles. The Morgan fingerprint density at radius 3 is 2.67 bits per heavy atom. The lowest BCUT2D eigenvalue weighted by Crippen LogP contribution is -2.21. The average Bonchev–Trinajstić information content (AvgIpc) is 3.20. The van der Waals surface area contributed by atoms with E-state index in [-0.39, 0.29) is 0 Å². The molecule has 0 radical (unpaired) electrons. The molecule has 0 atom stereocenters. The number of H-pyrrole nitrogens is 1. The summed E-state index contributed by atoms with van der Waals surface area (Å²) in [6.07, 6.45) is 2.86. The van der Waals surface area contributed by atoms with Gasteiger partial charge in [-0.15, -0.1) is 11.3 Å². The standard InChI is InChI=1S/C21H23ClN4O2S2/c1-13-17-10-15(22)4-7-20(17)29-21(13)25-30(27,28)24-16-5-6-19-18(11-16)14(12-23-19)8-9-26(2)3/h4-7,10-12,23-25H,8-9H2,1-3H3. The Morgan fingerprint density at radius 2 is 1.90 bits per heavy atom. The van der Waals surface area contributed by atoms with Gasteiger partial charge in [0, 0.05) is 33.4 Å². The zero-order valence-corrected chi connectivity index (χ0v) is 19.3. The molecule has 0 unspecified atom stereocenters. The van der Waals surface area contributed by atoms with Crippen LogP contribution in [-0.4, -0.2) is 38.9 Å². The van der Waals surface area contributed by atoms with E-state index in [1.165, 1.54) is 11.3 Å². The van der Waals surface area contributed by atoms with Gasteiger partial charge in [-0.2, -0.15) is 8.42 Å². The van der Waals surface area contributed by atoms with Crippen molar-refractivity contribution in [3.05, 3.63) is 58.7 Å². The molecule has 0 fully saturated rings. The Kier molecular flexibility index (Phi) is 5.67. The van der Waals surface area contributed by atoms with Gasteiger partial charge in [0.2, 0.25) is 0 Å². The molecule has 6 nitrogen and oxygen atoms in total. The van der Waals surface area contributed by atoms with Gasteiger partial charge in [-0.25, -0.2) is 0 Å². The number of aryl methyl sites for hydroxylation is 1. The lowest BCUT2D eigenvalue weighted by molar-refractivity contribution is 0.414. The first-order chi connectivity index (χ1) is 14.2. The van der Waals surface area contributed by atoms with Crippen LogP contribution in [0.4, 0.5) is 10.7 Å². The smallest absolute Gasteiger partial charge is 0.322 e. The van der Waals surface area contributed by atoms with Crippen LogP contribution in [-0.2, 0) is 16.6 Å². The number of rotatable bonds is 7. The summed E-state index contributed by atoms with van der Waals surface area (Å²) in [7, 11) is 0.264. The first-order valence-corrected chi connectivity index (χ1v) is 12.1. The molecule has 4 aromatic rings. The van der Waals surface area contributed by atoms with E-state index in [9.17, 15) is 8.42 Å². The molecule has 4 rings (SSSR count). The molecule has 0 saturated carbocycles. The molecular weight excluding hydrogens is 440 g/mol. The molecule has 0 spiro atoms. The number of hydrogen-bond donors (Lipinski definition) is 3. The average molecular weight is 463 g/mol. The van der Waals surface area contributed by atoms with Gasteiger partial charge in [-0.3, -0.25) is 9.44 Å². The zero-order valence-electron chi connectivity index (χ0n) is 16.9. The summed E-state index contributed by atoms with van der Waals surface area (Å²) in [6.45, 7) is 2.80. The second-order valence-corrected chi connectivity index (χ2v) is 10.4. The Labute approximate surface area is 185 Å². The maximum Gasteiger partial charge on any atom is 0.322 e. The fourth-order valence-electron chi connectivity index (χ4n) is 3.39. The Morgan fingerprint density at radius 1 is 1.10 bits per heavy atom. The van der Waals surface area contributed by atoms with Crippen LogP contribution < -0.4 is 9.44 Å². The summed E-state index contributed by atoms with van der Waals surface area (Å²) >= 11 is 7.47. The third-order valence-electron chi connectivity index (χ3n) is 4.97. The van der Waals surface area contributed by atoms with Crippen molar-refractivity contribution >= 4 is 64.8 Å². The van der Waals surface area contributed by atoms with Crippen molar-refractivity contribution < 1.29 is 8.42 Å². The molecule has 30 heavy (non-hydrogen) atoms. The Balaban J connectivity index is 1.58. The number of aromatic amines is 1. The van der Waals surface area contributed by atoms with Gasteiger partial charge >= 0.3 is 10.2 Å². The number of thiophene rings is 1. The minimum Gasteiger partial charge on any atom is -0.361 e. The van der Waals surface area contributed by atoms with Crippen LogP contribution in [0.5, 0.6) is 0 Å². The maximum absolute atomic E-state index is 12.8. The van der Waals surface area contributed by atoms with Gasteiger partial charge in [-0.1, -0.05) is 11.6 Å². The summed E-state index contributed by atoms with van der Waals surface area (Å²) in [4.78, 5) is 5.37. The third-order valence-corrected chi connectivity index (χ3v) is 7.50. The summed E-state index contributed by atoms with van der Waals surface area (Å²) in [5.74, 6) is 0. The number of aromatic nitrogens is 1. The second-order valence-electron chi connectivity index (χ2n) is 7.53. The van der Waals surface area contributed by atoms with E-state index in [0.29, 0.717) is 15.7 Å². The number of nitrogens with one attached hydrogen (secondary N) is 3. The summed E-state index contributed by atoms with van der Waals surface area (Å²) in [6, 6.07) is 11.1. The van der Waals surface area contributed by atoms with E-state index in [2.05, 4.69) is 19.3 Å². The van der Waals surface area contributed by atoms with Gasteiger partial charge in [0.05, 0.1) is 5.69 Å². The summed E-state index contributed by atoms with van der Waals surface area (Å²) < 4.78 is 31.9. The molecule has 0 aliphatic rings. The Bertz CT molecular complexity index is 1330. The predicted octanol–water partition coefficient (Wildman–Crippen LogP) is 5.22. The van der Waals surface area contributed by atoms with Crippen molar-refractivity contribution in [2.24, 2.45) is 0 Å². The number of anilines is 2. The molecule has 0 bridgehead atoms. The van der Waals surface area contributed by atoms with Gasteiger partial charge in [0.1, 0.15) is 5.00 Å². The van der Waals surface area contributed by atoms with E-state index in [0.717, 1.165) is 45.1 Å². The molecule has 3 N–H and O–H groups in total. The molecule has 2 aromatic carbocycles. The summed E-state index contributed by atoms with van der Waals surface area (Å²) in [5.41, 5.74) is 3.51. The highest BCUT2D eigenvalue weighted by Crippen LogP contribution is 2.37. The second kappa shape index (κ2) is 8.11. The van der Waals surface area contributed by atoms with E-state index in [1.807, 2.05) is 51.5 Å². The van der Waals surface area contributed by atoms with Crippen molar-refractivity contribution in [1.29, 1.82) is 0 Å². The highest BCUT2D eigenvalue weighted by atomic mass is 35.5. The van der Waals surface area contributed by atoms with Gasteiger partial charge in [-0.05, 0) is 80.4 Å². The van der Waals surface area contributed by atoms with Crippen LogP contribution in [0.2, 0.25) is 5.02 Å². The maximum atomic E-state index is 12.8. The van der Waals surface area contributed by atoms with Gasteiger partial charge < -0.3 is 9.88 Å². The normalized spacial score (nSPS) is 12.2. The molecular formula is C21H23ClN4O2S2.